The lowest BCUT2D eigenvalue weighted by Crippen LogP contribution is -2.31. The Kier molecular flexibility index (Phi) is 2.65. The number of hydrogen-bond acceptors (Lipinski definition) is 3. The van der Waals surface area contributed by atoms with Crippen LogP contribution in [0.1, 0.15) is 0 Å². The number of anilines is 1. The summed E-state index contributed by atoms with van der Waals surface area (Å²) in [5.41, 5.74) is 0.793. The molecule has 0 amide bonds. The molecular formula is C10H12FNO2. The first-order chi connectivity index (χ1) is 6.75. The van der Waals surface area contributed by atoms with E-state index in [-0.39, 0.29) is 11.9 Å². The molecule has 1 aliphatic rings. The molecule has 3 nitrogen and oxygen atoms in total. The summed E-state index contributed by atoms with van der Waals surface area (Å²) >= 11 is 0. The van der Waals surface area contributed by atoms with Crippen LogP contribution in [-0.4, -0.2) is 30.5 Å². The normalized spacial score (nSPS) is 26.4. The van der Waals surface area contributed by atoms with Crippen molar-refractivity contribution in [3.63, 3.8) is 0 Å². The maximum absolute atomic E-state index is 12.6. The molecule has 4 heteroatoms. The van der Waals surface area contributed by atoms with Crippen LogP contribution in [0, 0.1) is 5.82 Å². The van der Waals surface area contributed by atoms with E-state index in [0.29, 0.717) is 13.2 Å². The number of aliphatic hydroxyl groups excluding tert-OH is 1. The number of aliphatic hydroxyl groups is 1. The average molecular weight is 197 g/mol. The maximum Gasteiger partial charge on any atom is 0.123 e. The van der Waals surface area contributed by atoms with Gasteiger partial charge in [0.05, 0.1) is 25.4 Å². The minimum Gasteiger partial charge on any atom is -0.388 e. The van der Waals surface area contributed by atoms with Gasteiger partial charge in [-0.25, -0.2) is 4.39 Å². The van der Waals surface area contributed by atoms with Gasteiger partial charge in [-0.15, -0.1) is 0 Å². The van der Waals surface area contributed by atoms with Gasteiger partial charge in [0.1, 0.15) is 5.82 Å². The molecule has 0 radical (unpaired) electrons. The van der Waals surface area contributed by atoms with Crippen LogP contribution in [-0.2, 0) is 4.74 Å². The molecule has 1 saturated heterocycles. The van der Waals surface area contributed by atoms with Gasteiger partial charge in [-0.3, -0.25) is 0 Å². The van der Waals surface area contributed by atoms with Gasteiger partial charge in [0.2, 0.25) is 0 Å². The Bertz CT molecular complexity index is 301. The summed E-state index contributed by atoms with van der Waals surface area (Å²) in [4.78, 5) is 0. The fourth-order valence-corrected chi connectivity index (χ4v) is 1.44. The Hall–Kier alpha value is -1.13. The highest BCUT2D eigenvalue weighted by Crippen LogP contribution is 2.14. The number of halogens is 1. The molecule has 1 fully saturated rings. The molecule has 0 saturated carbocycles. The zero-order chi connectivity index (χ0) is 9.97. The van der Waals surface area contributed by atoms with E-state index in [9.17, 15) is 9.50 Å². The van der Waals surface area contributed by atoms with Gasteiger partial charge in [0, 0.05) is 5.69 Å². The Balaban J connectivity index is 2.00. The summed E-state index contributed by atoms with van der Waals surface area (Å²) in [6.45, 7) is 0.845. The highest BCUT2D eigenvalue weighted by molar-refractivity contribution is 5.44. The Morgan fingerprint density at radius 3 is 2.57 bits per heavy atom. The molecule has 1 heterocycles. The Morgan fingerprint density at radius 2 is 2.00 bits per heavy atom. The third-order valence-electron chi connectivity index (χ3n) is 2.25. The minimum atomic E-state index is -0.486. The fraction of sp³-hybridized carbons (Fsp3) is 0.400. The van der Waals surface area contributed by atoms with Crippen molar-refractivity contribution in [3.05, 3.63) is 30.1 Å². The topological polar surface area (TPSA) is 41.5 Å². The standard InChI is InChI=1S/C10H12FNO2/c11-7-1-3-8(4-2-7)12-9-5-14-6-10(9)13/h1-4,9-10,12-13H,5-6H2. The second-order valence-electron chi connectivity index (χ2n) is 3.36. The van der Waals surface area contributed by atoms with Crippen molar-refractivity contribution in [1.29, 1.82) is 0 Å². The molecule has 2 unspecified atom stereocenters. The Morgan fingerprint density at radius 1 is 1.29 bits per heavy atom. The predicted octanol–water partition coefficient (Wildman–Crippen LogP) is 0.997. The van der Waals surface area contributed by atoms with E-state index < -0.39 is 6.10 Å². The van der Waals surface area contributed by atoms with E-state index in [1.54, 1.807) is 12.1 Å². The molecule has 0 aromatic heterocycles. The lowest BCUT2D eigenvalue weighted by atomic mass is 10.2. The van der Waals surface area contributed by atoms with Crippen LogP contribution >= 0.6 is 0 Å². The van der Waals surface area contributed by atoms with E-state index in [0.717, 1.165) is 5.69 Å². The molecule has 0 aliphatic carbocycles. The van der Waals surface area contributed by atoms with Gasteiger partial charge in [0.25, 0.3) is 0 Å². The SMILES string of the molecule is OC1COCC1Nc1ccc(F)cc1. The summed E-state index contributed by atoms with van der Waals surface area (Å²) in [7, 11) is 0. The summed E-state index contributed by atoms with van der Waals surface area (Å²) in [5.74, 6) is -0.265. The molecule has 2 rings (SSSR count). The van der Waals surface area contributed by atoms with Crippen LogP contribution in [0.5, 0.6) is 0 Å². The lowest BCUT2D eigenvalue weighted by molar-refractivity contribution is 0.125. The average Bonchev–Trinajstić information content (AvgIpc) is 2.56. The van der Waals surface area contributed by atoms with Gasteiger partial charge in [-0.2, -0.15) is 0 Å². The zero-order valence-electron chi connectivity index (χ0n) is 7.61. The van der Waals surface area contributed by atoms with E-state index in [4.69, 9.17) is 4.74 Å². The first kappa shape index (κ1) is 9.43. The monoisotopic (exact) mass is 197 g/mol. The summed E-state index contributed by atoms with van der Waals surface area (Å²) in [6, 6.07) is 5.94. The maximum atomic E-state index is 12.6. The van der Waals surface area contributed by atoms with Crippen molar-refractivity contribution in [2.75, 3.05) is 18.5 Å². The van der Waals surface area contributed by atoms with Crippen LogP contribution in [0.15, 0.2) is 24.3 Å². The van der Waals surface area contributed by atoms with Gasteiger partial charge >= 0.3 is 0 Å². The van der Waals surface area contributed by atoms with Gasteiger partial charge in [-0.1, -0.05) is 0 Å². The highest BCUT2D eigenvalue weighted by atomic mass is 19.1. The molecule has 76 valence electrons. The fourth-order valence-electron chi connectivity index (χ4n) is 1.44. The van der Waals surface area contributed by atoms with E-state index in [1.165, 1.54) is 12.1 Å². The Labute approximate surface area is 81.5 Å². The molecular weight excluding hydrogens is 185 g/mol. The van der Waals surface area contributed by atoms with Crippen LogP contribution in [0.2, 0.25) is 0 Å². The quantitative estimate of drug-likeness (QED) is 0.743. The summed E-state index contributed by atoms with van der Waals surface area (Å²) < 4.78 is 17.7. The third-order valence-corrected chi connectivity index (χ3v) is 2.25. The molecule has 1 aliphatic heterocycles. The van der Waals surface area contributed by atoms with Crippen LogP contribution in [0.25, 0.3) is 0 Å². The minimum absolute atomic E-state index is 0.0968. The van der Waals surface area contributed by atoms with Crippen molar-refractivity contribution in [2.45, 2.75) is 12.1 Å². The van der Waals surface area contributed by atoms with Crippen molar-refractivity contribution >= 4 is 5.69 Å². The number of nitrogens with one attached hydrogen (secondary N) is 1. The third kappa shape index (κ3) is 2.02. The molecule has 1 aromatic carbocycles. The number of hydrogen-bond donors (Lipinski definition) is 2. The number of rotatable bonds is 2. The van der Waals surface area contributed by atoms with E-state index >= 15 is 0 Å². The summed E-state index contributed by atoms with van der Waals surface area (Å²) in [5, 5.41) is 12.5. The van der Waals surface area contributed by atoms with Gasteiger partial charge < -0.3 is 15.2 Å². The molecule has 2 N–H and O–H groups in total. The van der Waals surface area contributed by atoms with Crippen LogP contribution in [0.4, 0.5) is 10.1 Å². The largest absolute Gasteiger partial charge is 0.388 e. The van der Waals surface area contributed by atoms with Crippen molar-refractivity contribution in [1.82, 2.24) is 0 Å². The van der Waals surface area contributed by atoms with Crippen molar-refractivity contribution in [2.24, 2.45) is 0 Å². The zero-order valence-corrected chi connectivity index (χ0v) is 7.61. The first-order valence-electron chi connectivity index (χ1n) is 4.53. The smallest absolute Gasteiger partial charge is 0.123 e. The predicted molar refractivity (Wildman–Crippen MR) is 50.6 cm³/mol. The first-order valence-corrected chi connectivity index (χ1v) is 4.53. The molecule has 14 heavy (non-hydrogen) atoms. The van der Waals surface area contributed by atoms with Crippen molar-refractivity contribution in [3.8, 4) is 0 Å². The van der Waals surface area contributed by atoms with Crippen LogP contribution < -0.4 is 5.32 Å². The van der Waals surface area contributed by atoms with Crippen molar-refractivity contribution < 1.29 is 14.2 Å². The number of benzene rings is 1. The number of ether oxygens (including phenoxy) is 1. The molecule has 2 atom stereocenters. The molecule has 0 bridgehead atoms. The molecule has 0 spiro atoms. The molecule has 1 aromatic rings. The second kappa shape index (κ2) is 3.94. The van der Waals surface area contributed by atoms with Gasteiger partial charge in [0.15, 0.2) is 0 Å². The van der Waals surface area contributed by atoms with Crippen LogP contribution in [0.3, 0.4) is 0 Å². The summed E-state index contributed by atoms with van der Waals surface area (Å²) in [6.07, 6.45) is -0.486. The van der Waals surface area contributed by atoms with E-state index in [2.05, 4.69) is 5.32 Å². The highest BCUT2D eigenvalue weighted by Gasteiger charge is 2.25. The van der Waals surface area contributed by atoms with Gasteiger partial charge in [-0.05, 0) is 24.3 Å². The van der Waals surface area contributed by atoms with E-state index in [1.807, 2.05) is 0 Å². The lowest BCUT2D eigenvalue weighted by Gasteiger charge is -2.15. The second-order valence-corrected chi connectivity index (χ2v) is 3.36.